The van der Waals surface area contributed by atoms with Crippen LogP contribution in [0.15, 0.2) is 12.5 Å². The summed E-state index contributed by atoms with van der Waals surface area (Å²) in [5.74, 6) is 0.758. The second kappa shape index (κ2) is 7.81. The molecule has 1 aromatic heterocycles. The highest BCUT2D eigenvalue weighted by Gasteiger charge is 2.10. The monoisotopic (exact) mass is 240 g/mol. The predicted octanol–water partition coefficient (Wildman–Crippen LogP) is 0.548. The summed E-state index contributed by atoms with van der Waals surface area (Å²) in [5.41, 5.74) is 6.44. The van der Waals surface area contributed by atoms with Gasteiger partial charge < -0.3 is 20.1 Å². The van der Waals surface area contributed by atoms with Crippen molar-refractivity contribution < 1.29 is 9.47 Å². The maximum Gasteiger partial charge on any atom is 0.155 e. The van der Waals surface area contributed by atoms with Crippen LogP contribution in [0.25, 0.3) is 0 Å². The van der Waals surface area contributed by atoms with Crippen LogP contribution in [0.5, 0.6) is 0 Å². The highest BCUT2D eigenvalue weighted by atomic mass is 16.5. The molecule has 17 heavy (non-hydrogen) atoms. The van der Waals surface area contributed by atoms with Crippen LogP contribution in [-0.4, -0.2) is 50.5 Å². The van der Waals surface area contributed by atoms with E-state index in [2.05, 4.69) is 14.9 Å². The van der Waals surface area contributed by atoms with Gasteiger partial charge in [-0.05, 0) is 6.42 Å². The number of nitrogens with zero attached hydrogens (tertiary/aromatic N) is 3. The second-order valence-electron chi connectivity index (χ2n) is 3.63. The lowest BCUT2D eigenvalue weighted by molar-refractivity contribution is 0.191. The van der Waals surface area contributed by atoms with E-state index in [4.69, 9.17) is 15.2 Å². The zero-order chi connectivity index (χ0) is 12.5. The van der Waals surface area contributed by atoms with E-state index < -0.39 is 0 Å². The fraction of sp³-hybridized carbons (Fsp3) is 0.636. The SMILES string of the molecule is COCCCN(CCOC)c1ncncc1N. The molecular weight excluding hydrogens is 220 g/mol. The van der Waals surface area contributed by atoms with Crippen molar-refractivity contribution in [2.45, 2.75) is 6.42 Å². The molecule has 6 nitrogen and oxygen atoms in total. The van der Waals surface area contributed by atoms with E-state index in [1.165, 1.54) is 6.33 Å². The van der Waals surface area contributed by atoms with Crippen LogP contribution >= 0.6 is 0 Å². The van der Waals surface area contributed by atoms with Crippen molar-refractivity contribution >= 4 is 11.5 Å². The van der Waals surface area contributed by atoms with Gasteiger partial charge in [0.25, 0.3) is 0 Å². The van der Waals surface area contributed by atoms with E-state index in [0.29, 0.717) is 18.9 Å². The summed E-state index contributed by atoms with van der Waals surface area (Å²) in [6.07, 6.45) is 4.03. The molecule has 0 bridgehead atoms. The van der Waals surface area contributed by atoms with Gasteiger partial charge in [0, 0.05) is 33.9 Å². The van der Waals surface area contributed by atoms with E-state index in [1.807, 2.05) is 0 Å². The van der Waals surface area contributed by atoms with Crippen molar-refractivity contribution in [2.24, 2.45) is 0 Å². The topological polar surface area (TPSA) is 73.5 Å². The lowest BCUT2D eigenvalue weighted by Gasteiger charge is -2.24. The number of nitrogen functional groups attached to an aromatic ring is 1. The van der Waals surface area contributed by atoms with Crippen LogP contribution in [-0.2, 0) is 9.47 Å². The van der Waals surface area contributed by atoms with E-state index >= 15 is 0 Å². The van der Waals surface area contributed by atoms with E-state index in [-0.39, 0.29) is 0 Å². The van der Waals surface area contributed by atoms with E-state index in [9.17, 15) is 0 Å². The molecule has 0 aromatic carbocycles. The van der Waals surface area contributed by atoms with Gasteiger partial charge in [-0.2, -0.15) is 0 Å². The normalized spacial score (nSPS) is 10.5. The molecule has 0 radical (unpaired) electrons. The highest BCUT2D eigenvalue weighted by molar-refractivity contribution is 5.60. The fourth-order valence-electron chi connectivity index (χ4n) is 1.52. The first kappa shape index (κ1) is 13.7. The maximum atomic E-state index is 5.86. The molecule has 0 saturated heterocycles. The van der Waals surface area contributed by atoms with Gasteiger partial charge in [-0.25, -0.2) is 9.97 Å². The summed E-state index contributed by atoms with van der Waals surface area (Å²) in [6.45, 7) is 2.94. The average molecular weight is 240 g/mol. The van der Waals surface area contributed by atoms with Crippen molar-refractivity contribution in [3.8, 4) is 0 Å². The van der Waals surface area contributed by atoms with Crippen LogP contribution in [0.3, 0.4) is 0 Å². The zero-order valence-electron chi connectivity index (χ0n) is 10.4. The Hall–Kier alpha value is -1.40. The molecule has 1 heterocycles. The lowest BCUT2D eigenvalue weighted by atomic mass is 10.3. The number of hydrogen-bond donors (Lipinski definition) is 1. The molecule has 0 unspecified atom stereocenters. The van der Waals surface area contributed by atoms with Gasteiger partial charge in [0.2, 0.25) is 0 Å². The number of anilines is 2. The Morgan fingerprint density at radius 3 is 2.65 bits per heavy atom. The Morgan fingerprint density at radius 2 is 2.00 bits per heavy atom. The number of aromatic nitrogens is 2. The van der Waals surface area contributed by atoms with Crippen LogP contribution in [0.1, 0.15) is 6.42 Å². The third-order valence-corrected chi connectivity index (χ3v) is 2.36. The molecule has 2 N–H and O–H groups in total. The molecule has 0 aliphatic rings. The fourth-order valence-corrected chi connectivity index (χ4v) is 1.52. The summed E-state index contributed by atoms with van der Waals surface area (Å²) >= 11 is 0. The highest BCUT2D eigenvalue weighted by Crippen LogP contribution is 2.17. The molecule has 0 aliphatic carbocycles. The molecule has 0 fully saturated rings. The summed E-state index contributed by atoms with van der Waals surface area (Å²) < 4.78 is 10.1. The number of methoxy groups -OCH3 is 2. The van der Waals surface area contributed by atoms with E-state index in [1.54, 1.807) is 20.4 Å². The third kappa shape index (κ3) is 4.54. The molecule has 1 rings (SSSR count). The summed E-state index contributed by atoms with van der Waals surface area (Å²) in [7, 11) is 3.37. The molecule has 96 valence electrons. The largest absolute Gasteiger partial charge is 0.394 e. The Balaban J connectivity index is 2.64. The van der Waals surface area contributed by atoms with Crippen molar-refractivity contribution in [2.75, 3.05) is 51.2 Å². The Labute approximate surface area is 102 Å². The molecular formula is C11H20N4O2. The predicted molar refractivity (Wildman–Crippen MR) is 67.0 cm³/mol. The van der Waals surface area contributed by atoms with Crippen molar-refractivity contribution in [3.63, 3.8) is 0 Å². The molecule has 0 spiro atoms. The van der Waals surface area contributed by atoms with Crippen LogP contribution < -0.4 is 10.6 Å². The Bertz CT molecular complexity index is 322. The van der Waals surface area contributed by atoms with Gasteiger partial charge in [-0.3, -0.25) is 0 Å². The quantitative estimate of drug-likeness (QED) is 0.669. The second-order valence-corrected chi connectivity index (χ2v) is 3.63. The Kier molecular flexibility index (Phi) is 6.27. The minimum atomic E-state index is 0.584. The number of rotatable bonds is 8. The first-order chi connectivity index (χ1) is 8.29. The smallest absolute Gasteiger partial charge is 0.155 e. The average Bonchev–Trinajstić information content (AvgIpc) is 2.35. The molecule has 0 saturated carbocycles. The van der Waals surface area contributed by atoms with Gasteiger partial charge >= 0.3 is 0 Å². The molecule has 6 heteroatoms. The van der Waals surface area contributed by atoms with E-state index in [0.717, 1.165) is 25.3 Å². The molecule has 0 amide bonds. The summed E-state index contributed by atoms with van der Waals surface area (Å²) in [5, 5.41) is 0. The zero-order valence-corrected chi connectivity index (χ0v) is 10.4. The standard InChI is InChI=1S/C11H20N4O2/c1-16-6-3-4-15(5-7-17-2)11-10(12)8-13-9-14-11/h8-9H,3-7,12H2,1-2H3. The number of hydrogen-bond acceptors (Lipinski definition) is 6. The molecule has 0 aliphatic heterocycles. The lowest BCUT2D eigenvalue weighted by Crippen LogP contribution is -2.30. The van der Waals surface area contributed by atoms with Gasteiger partial charge in [0.1, 0.15) is 6.33 Å². The van der Waals surface area contributed by atoms with Crippen LogP contribution in [0.2, 0.25) is 0 Å². The summed E-state index contributed by atoms with van der Waals surface area (Å²) in [6, 6.07) is 0. The van der Waals surface area contributed by atoms with Gasteiger partial charge in [-0.15, -0.1) is 0 Å². The first-order valence-corrected chi connectivity index (χ1v) is 5.58. The van der Waals surface area contributed by atoms with Crippen LogP contribution in [0, 0.1) is 0 Å². The first-order valence-electron chi connectivity index (χ1n) is 5.58. The third-order valence-electron chi connectivity index (χ3n) is 2.36. The number of ether oxygens (including phenoxy) is 2. The van der Waals surface area contributed by atoms with Crippen LogP contribution in [0.4, 0.5) is 11.5 Å². The summed E-state index contributed by atoms with van der Waals surface area (Å²) in [4.78, 5) is 10.2. The minimum Gasteiger partial charge on any atom is -0.394 e. The molecule has 0 atom stereocenters. The van der Waals surface area contributed by atoms with Gasteiger partial charge in [0.05, 0.1) is 18.5 Å². The van der Waals surface area contributed by atoms with Crippen molar-refractivity contribution in [1.82, 2.24) is 9.97 Å². The maximum absolute atomic E-state index is 5.86. The Morgan fingerprint density at radius 1 is 1.24 bits per heavy atom. The van der Waals surface area contributed by atoms with Crippen molar-refractivity contribution in [3.05, 3.63) is 12.5 Å². The van der Waals surface area contributed by atoms with Crippen molar-refractivity contribution in [1.29, 1.82) is 0 Å². The van der Waals surface area contributed by atoms with Gasteiger partial charge in [-0.1, -0.05) is 0 Å². The minimum absolute atomic E-state index is 0.584. The number of nitrogens with two attached hydrogens (primary N) is 1. The van der Waals surface area contributed by atoms with Gasteiger partial charge in [0.15, 0.2) is 5.82 Å². The molecule has 1 aromatic rings.